The molecule has 0 saturated carbocycles. The Labute approximate surface area is 106 Å². The van der Waals surface area contributed by atoms with Gasteiger partial charge in [0.25, 0.3) is 0 Å². The van der Waals surface area contributed by atoms with Crippen molar-refractivity contribution in [3.8, 4) is 0 Å². The Morgan fingerprint density at radius 2 is 1.76 bits per heavy atom. The first-order chi connectivity index (χ1) is 8.15. The van der Waals surface area contributed by atoms with Crippen LogP contribution < -0.4 is 10.2 Å². The van der Waals surface area contributed by atoms with E-state index in [9.17, 15) is 0 Å². The summed E-state index contributed by atoms with van der Waals surface area (Å²) >= 11 is 0. The minimum absolute atomic E-state index is 0.447. The van der Waals surface area contributed by atoms with E-state index in [1.165, 1.54) is 30.5 Å². The van der Waals surface area contributed by atoms with Crippen LogP contribution in [0.25, 0.3) is 0 Å². The van der Waals surface area contributed by atoms with Crippen LogP contribution in [0.3, 0.4) is 0 Å². The highest BCUT2D eigenvalue weighted by atomic mass is 15.1. The van der Waals surface area contributed by atoms with E-state index in [1.807, 2.05) is 0 Å². The second-order valence-corrected chi connectivity index (χ2v) is 4.87. The number of hydrogen-bond donors (Lipinski definition) is 1. The van der Waals surface area contributed by atoms with Crippen molar-refractivity contribution < 1.29 is 0 Å². The SMILES string of the molecule is CCCCCNC(C)c1ccc(N(C)C)cc1. The molecule has 17 heavy (non-hydrogen) atoms. The van der Waals surface area contributed by atoms with Crippen molar-refractivity contribution >= 4 is 5.69 Å². The topological polar surface area (TPSA) is 15.3 Å². The van der Waals surface area contributed by atoms with Crippen LogP contribution in [0.5, 0.6) is 0 Å². The van der Waals surface area contributed by atoms with Crippen molar-refractivity contribution in [2.75, 3.05) is 25.5 Å². The minimum Gasteiger partial charge on any atom is -0.378 e. The molecule has 0 aliphatic heterocycles. The molecule has 1 aromatic carbocycles. The van der Waals surface area contributed by atoms with Crippen LogP contribution in [0.1, 0.15) is 44.7 Å². The van der Waals surface area contributed by atoms with E-state index in [4.69, 9.17) is 0 Å². The second-order valence-electron chi connectivity index (χ2n) is 4.87. The van der Waals surface area contributed by atoms with Gasteiger partial charge in [-0.25, -0.2) is 0 Å². The number of benzene rings is 1. The van der Waals surface area contributed by atoms with Crippen molar-refractivity contribution in [2.45, 2.75) is 39.2 Å². The minimum atomic E-state index is 0.447. The van der Waals surface area contributed by atoms with Gasteiger partial charge in [0.05, 0.1) is 0 Å². The number of nitrogens with zero attached hydrogens (tertiary/aromatic N) is 1. The summed E-state index contributed by atoms with van der Waals surface area (Å²) < 4.78 is 0. The molecule has 1 atom stereocenters. The number of rotatable bonds is 7. The van der Waals surface area contributed by atoms with Gasteiger partial charge in [0.1, 0.15) is 0 Å². The zero-order valence-electron chi connectivity index (χ0n) is 11.7. The van der Waals surface area contributed by atoms with Crippen molar-refractivity contribution in [3.63, 3.8) is 0 Å². The average Bonchev–Trinajstić information content (AvgIpc) is 2.34. The first-order valence-electron chi connectivity index (χ1n) is 6.65. The monoisotopic (exact) mass is 234 g/mol. The van der Waals surface area contributed by atoms with Crippen LogP contribution >= 0.6 is 0 Å². The summed E-state index contributed by atoms with van der Waals surface area (Å²) in [5.41, 5.74) is 2.62. The Morgan fingerprint density at radius 3 is 2.29 bits per heavy atom. The lowest BCUT2D eigenvalue weighted by Gasteiger charge is -2.17. The predicted octanol–water partition coefficient (Wildman–Crippen LogP) is 3.59. The lowest BCUT2D eigenvalue weighted by molar-refractivity contribution is 0.544. The molecule has 1 rings (SSSR count). The Balaban J connectivity index is 2.43. The fraction of sp³-hybridized carbons (Fsp3) is 0.600. The molecule has 96 valence electrons. The predicted molar refractivity (Wildman–Crippen MR) is 76.7 cm³/mol. The molecule has 0 saturated heterocycles. The fourth-order valence-corrected chi connectivity index (χ4v) is 1.87. The molecule has 0 aliphatic rings. The highest BCUT2D eigenvalue weighted by Gasteiger charge is 2.04. The molecule has 0 bridgehead atoms. The molecule has 1 unspecified atom stereocenters. The normalized spacial score (nSPS) is 12.5. The maximum atomic E-state index is 3.57. The van der Waals surface area contributed by atoms with Crippen molar-refractivity contribution in [3.05, 3.63) is 29.8 Å². The summed E-state index contributed by atoms with van der Waals surface area (Å²) in [7, 11) is 4.14. The highest BCUT2D eigenvalue weighted by molar-refractivity contribution is 5.46. The van der Waals surface area contributed by atoms with Crippen LogP contribution in [0, 0.1) is 0 Å². The van der Waals surface area contributed by atoms with Gasteiger partial charge in [-0.05, 0) is 37.6 Å². The summed E-state index contributed by atoms with van der Waals surface area (Å²) in [4.78, 5) is 2.13. The second kappa shape index (κ2) is 7.33. The Bertz CT molecular complexity index is 303. The highest BCUT2D eigenvalue weighted by Crippen LogP contribution is 2.17. The van der Waals surface area contributed by atoms with Gasteiger partial charge in [0, 0.05) is 25.8 Å². The van der Waals surface area contributed by atoms with Gasteiger partial charge in [0.2, 0.25) is 0 Å². The molecule has 2 nitrogen and oxygen atoms in total. The summed E-state index contributed by atoms with van der Waals surface area (Å²) in [5, 5.41) is 3.57. The summed E-state index contributed by atoms with van der Waals surface area (Å²) in [6.07, 6.45) is 3.88. The largest absolute Gasteiger partial charge is 0.378 e. The van der Waals surface area contributed by atoms with E-state index >= 15 is 0 Å². The van der Waals surface area contributed by atoms with Gasteiger partial charge < -0.3 is 10.2 Å². The van der Waals surface area contributed by atoms with Crippen LogP contribution in [-0.2, 0) is 0 Å². The Hall–Kier alpha value is -1.02. The van der Waals surface area contributed by atoms with Gasteiger partial charge >= 0.3 is 0 Å². The molecular weight excluding hydrogens is 208 g/mol. The first-order valence-corrected chi connectivity index (χ1v) is 6.65. The molecule has 2 heteroatoms. The third-order valence-electron chi connectivity index (χ3n) is 3.14. The van der Waals surface area contributed by atoms with E-state index in [-0.39, 0.29) is 0 Å². The molecule has 0 aliphatic carbocycles. The lowest BCUT2D eigenvalue weighted by Crippen LogP contribution is -2.19. The molecule has 0 radical (unpaired) electrons. The number of hydrogen-bond acceptors (Lipinski definition) is 2. The van der Waals surface area contributed by atoms with Gasteiger partial charge in [0.15, 0.2) is 0 Å². The van der Waals surface area contributed by atoms with Gasteiger partial charge in [-0.1, -0.05) is 31.9 Å². The van der Waals surface area contributed by atoms with Crippen molar-refractivity contribution in [2.24, 2.45) is 0 Å². The fourth-order valence-electron chi connectivity index (χ4n) is 1.87. The maximum absolute atomic E-state index is 3.57. The zero-order chi connectivity index (χ0) is 12.7. The van der Waals surface area contributed by atoms with Crippen molar-refractivity contribution in [1.82, 2.24) is 5.32 Å². The molecule has 1 aromatic rings. The maximum Gasteiger partial charge on any atom is 0.0361 e. The van der Waals surface area contributed by atoms with Gasteiger partial charge in [-0.15, -0.1) is 0 Å². The average molecular weight is 234 g/mol. The molecule has 0 spiro atoms. The van der Waals surface area contributed by atoms with E-state index < -0.39 is 0 Å². The van der Waals surface area contributed by atoms with Gasteiger partial charge in [-0.2, -0.15) is 0 Å². The molecule has 0 amide bonds. The standard InChI is InChI=1S/C15H26N2/c1-5-6-7-12-16-13(2)14-8-10-15(11-9-14)17(3)4/h8-11,13,16H,5-7,12H2,1-4H3. The molecule has 0 heterocycles. The first kappa shape index (κ1) is 14.0. The quantitative estimate of drug-likeness (QED) is 0.725. The van der Waals surface area contributed by atoms with Crippen LogP contribution in [-0.4, -0.2) is 20.6 Å². The van der Waals surface area contributed by atoms with Crippen LogP contribution in [0.15, 0.2) is 24.3 Å². The van der Waals surface area contributed by atoms with E-state index in [0.29, 0.717) is 6.04 Å². The van der Waals surface area contributed by atoms with E-state index in [0.717, 1.165) is 6.54 Å². The molecule has 0 aromatic heterocycles. The zero-order valence-corrected chi connectivity index (χ0v) is 11.7. The summed E-state index contributed by atoms with van der Waals surface area (Å²) in [5.74, 6) is 0. The Kier molecular flexibility index (Phi) is 6.06. The number of unbranched alkanes of at least 4 members (excludes halogenated alkanes) is 2. The number of nitrogens with one attached hydrogen (secondary N) is 1. The Morgan fingerprint density at radius 1 is 1.12 bits per heavy atom. The van der Waals surface area contributed by atoms with Crippen molar-refractivity contribution in [1.29, 1.82) is 0 Å². The molecule has 0 fully saturated rings. The smallest absolute Gasteiger partial charge is 0.0361 e. The van der Waals surface area contributed by atoms with Crippen LogP contribution in [0.2, 0.25) is 0 Å². The van der Waals surface area contributed by atoms with E-state index in [1.54, 1.807) is 0 Å². The summed E-state index contributed by atoms with van der Waals surface area (Å²) in [6.45, 7) is 5.59. The molecule has 1 N–H and O–H groups in total. The van der Waals surface area contributed by atoms with E-state index in [2.05, 4.69) is 62.4 Å². The molecular formula is C15H26N2. The third kappa shape index (κ3) is 4.78. The lowest BCUT2D eigenvalue weighted by atomic mass is 10.1. The summed E-state index contributed by atoms with van der Waals surface area (Å²) in [6, 6.07) is 9.24. The van der Waals surface area contributed by atoms with Crippen LogP contribution in [0.4, 0.5) is 5.69 Å². The van der Waals surface area contributed by atoms with Gasteiger partial charge in [-0.3, -0.25) is 0 Å². The third-order valence-corrected chi connectivity index (χ3v) is 3.14. The number of anilines is 1.